The van der Waals surface area contributed by atoms with Gasteiger partial charge in [-0.25, -0.2) is 0 Å². The lowest BCUT2D eigenvalue weighted by molar-refractivity contribution is 0.0714. The van der Waals surface area contributed by atoms with Crippen LogP contribution in [0.5, 0.6) is 11.5 Å². The molecule has 0 aliphatic carbocycles. The topological polar surface area (TPSA) is 64.8 Å². The van der Waals surface area contributed by atoms with Crippen LogP contribution in [0.4, 0.5) is 0 Å². The first-order chi connectivity index (χ1) is 11.6. The van der Waals surface area contributed by atoms with Crippen LogP contribution in [0, 0.1) is 0 Å². The smallest absolute Gasteiger partial charge is 0.254 e. The number of unbranched alkanes of at least 4 members (excludes halogenated alkanes) is 1. The fourth-order valence-corrected chi connectivity index (χ4v) is 2.96. The van der Waals surface area contributed by atoms with E-state index in [1.165, 1.54) is 0 Å². The van der Waals surface area contributed by atoms with Gasteiger partial charge in [0.15, 0.2) is 11.5 Å². The van der Waals surface area contributed by atoms with Gasteiger partial charge in [0.05, 0.1) is 18.2 Å². The molecule has 0 saturated carbocycles. The zero-order chi connectivity index (χ0) is 17.5. The number of benzene rings is 1. The van der Waals surface area contributed by atoms with Crippen LogP contribution in [-0.4, -0.2) is 43.2 Å². The molecule has 0 radical (unpaired) electrons. The Balaban J connectivity index is 0.00000312. The Hall–Kier alpha value is -1.17. The first kappa shape index (κ1) is 21.9. The first-order valence-electron chi connectivity index (χ1n) is 8.70. The third-order valence-corrected chi connectivity index (χ3v) is 4.41. The minimum atomic E-state index is -0.0372. The Morgan fingerprint density at radius 3 is 2.56 bits per heavy atom. The average molecular weight is 391 g/mol. The number of hydrogen-bond donors (Lipinski definition) is 1. The van der Waals surface area contributed by atoms with E-state index in [0.29, 0.717) is 48.4 Å². The number of carbonyl (C=O) groups excluding carboxylic acids is 1. The number of ether oxygens (including phenoxy) is 2. The van der Waals surface area contributed by atoms with Crippen molar-refractivity contribution >= 4 is 29.9 Å². The Morgan fingerprint density at radius 1 is 1.28 bits per heavy atom. The van der Waals surface area contributed by atoms with Crippen LogP contribution in [0.1, 0.15) is 49.9 Å². The van der Waals surface area contributed by atoms with Crippen molar-refractivity contribution in [1.29, 1.82) is 0 Å². The van der Waals surface area contributed by atoms with Crippen molar-refractivity contribution in [3.8, 4) is 11.5 Å². The standard InChI is InChI=1S/C18H27ClN2O3.ClH/c1-3-5-10-24-17-15(19)11-13(12-16(17)23-4-2)18(22)21-8-6-14(20)7-9-21;/h11-12,14H,3-10,20H2,1-2H3;1H. The molecule has 2 rings (SSSR count). The summed E-state index contributed by atoms with van der Waals surface area (Å²) in [5, 5.41) is 0.411. The van der Waals surface area contributed by atoms with Crippen molar-refractivity contribution in [2.45, 2.75) is 45.6 Å². The number of nitrogens with two attached hydrogens (primary N) is 1. The molecule has 0 unspecified atom stereocenters. The quantitative estimate of drug-likeness (QED) is 0.716. The molecule has 0 spiro atoms. The molecule has 7 heteroatoms. The number of likely N-dealkylation sites (tertiary alicyclic amines) is 1. The van der Waals surface area contributed by atoms with Gasteiger partial charge >= 0.3 is 0 Å². The highest BCUT2D eigenvalue weighted by atomic mass is 35.5. The first-order valence-corrected chi connectivity index (χ1v) is 9.08. The van der Waals surface area contributed by atoms with Crippen LogP contribution in [0.15, 0.2) is 12.1 Å². The molecular formula is C18H28Cl2N2O3. The van der Waals surface area contributed by atoms with Gasteiger partial charge in [-0.3, -0.25) is 4.79 Å². The lowest BCUT2D eigenvalue weighted by atomic mass is 10.0. The summed E-state index contributed by atoms with van der Waals surface area (Å²) >= 11 is 6.36. The van der Waals surface area contributed by atoms with E-state index in [2.05, 4.69) is 6.92 Å². The molecule has 1 aromatic rings. The molecule has 0 atom stereocenters. The van der Waals surface area contributed by atoms with Crippen molar-refractivity contribution in [2.24, 2.45) is 5.73 Å². The van der Waals surface area contributed by atoms with Crippen LogP contribution in [-0.2, 0) is 0 Å². The number of amides is 1. The molecule has 142 valence electrons. The number of nitrogens with zero attached hydrogens (tertiary/aromatic N) is 1. The van der Waals surface area contributed by atoms with E-state index < -0.39 is 0 Å². The van der Waals surface area contributed by atoms with Crippen LogP contribution in [0.25, 0.3) is 0 Å². The van der Waals surface area contributed by atoms with Gasteiger partial charge in [0.1, 0.15) is 0 Å². The van der Waals surface area contributed by atoms with Gasteiger partial charge in [0.2, 0.25) is 0 Å². The lowest BCUT2D eigenvalue weighted by Gasteiger charge is -2.30. The van der Waals surface area contributed by atoms with Gasteiger partial charge in [-0.1, -0.05) is 24.9 Å². The van der Waals surface area contributed by atoms with Crippen LogP contribution >= 0.6 is 24.0 Å². The van der Waals surface area contributed by atoms with Gasteiger partial charge in [-0.05, 0) is 38.3 Å². The van der Waals surface area contributed by atoms with E-state index in [1.54, 1.807) is 12.1 Å². The number of halogens is 2. The molecule has 1 fully saturated rings. The zero-order valence-corrected chi connectivity index (χ0v) is 16.5. The molecule has 2 N–H and O–H groups in total. The molecule has 1 aliphatic heterocycles. The van der Waals surface area contributed by atoms with E-state index in [-0.39, 0.29) is 24.4 Å². The minimum Gasteiger partial charge on any atom is -0.490 e. The van der Waals surface area contributed by atoms with E-state index in [4.69, 9.17) is 26.8 Å². The number of piperidine rings is 1. The van der Waals surface area contributed by atoms with Gasteiger partial charge < -0.3 is 20.1 Å². The molecular weight excluding hydrogens is 363 g/mol. The van der Waals surface area contributed by atoms with Crippen molar-refractivity contribution in [3.63, 3.8) is 0 Å². The van der Waals surface area contributed by atoms with Gasteiger partial charge in [-0.2, -0.15) is 0 Å². The molecule has 5 nitrogen and oxygen atoms in total. The Labute approximate surface area is 161 Å². The fourth-order valence-electron chi connectivity index (χ4n) is 2.70. The maximum atomic E-state index is 12.7. The Kier molecular flexibility index (Phi) is 9.39. The predicted molar refractivity (Wildman–Crippen MR) is 103 cm³/mol. The fraction of sp³-hybridized carbons (Fsp3) is 0.611. The van der Waals surface area contributed by atoms with Crippen LogP contribution in [0.2, 0.25) is 5.02 Å². The summed E-state index contributed by atoms with van der Waals surface area (Å²) in [6.07, 6.45) is 3.64. The second-order valence-electron chi connectivity index (χ2n) is 6.05. The highest BCUT2D eigenvalue weighted by Gasteiger charge is 2.24. The highest BCUT2D eigenvalue weighted by Crippen LogP contribution is 2.37. The summed E-state index contributed by atoms with van der Waals surface area (Å²) in [4.78, 5) is 14.5. The summed E-state index contributed by atoms with van der Waals surface area (Å²) in [6.45, 7) is 6.40. The second kappa shape index (κ2) is 10.7. The van der Waals surface area contributed by atoms with Gasteiger partial charge in [0.25, 0.3) is 5.91 Å². The molecule has 1 saturated heterocycles. The maximum absolute atomic E-state index is 12.7. The summed E-state index contributed by atoms with van der Waals surface area (Å²) < 4.78 is 11.4. The van der Waals surface area contributed by atoms with Crippen molar-refractivity contribution < 1.29 is 14.3 Å². The van der Waals surface area contributed by atoms with Crippen LogP contribution < -0.4 is 15.2 Å². The minimum absolute atomic E-state index is 0. The van der Waals surface area contributed by atoms with Crippen molar-refractivity contribution in [3.05, 3.63) is 22.7 Å². The summed E-state index contributed by atoms with van der Waals surface area (Å²) in [6, 6.07) is 3.58. The van der Waals surface area contributed by atoms with E-state index in [9.17, 15) is 4.79 Å². The SMILES string of the molecule is CCCCOc1c(Cl)cc(C(=O)N2CCC(N)CC2)cc1OCC.Cl. The monoisotopic (exact) mass is 390 g/mol. The number of rotatable bonds is 7. The third kappa shape index (κ3) is 5.94. The number of hydrogen-bond acceptors (Lipinski definition) is 4. The van der Waals surface area contributed by atoms with Gasteiger partial charge in [0, 0.05) is 24.7 Å². The molecule has 0 aromatic heterocycles. The zero-order valence-electron chi connectivity index (χ0n) is 14.9. The van der Waals surface area contributed by atoms with E-state index in [0.717, 1.165) is 25.7 Å². The summed E-state index contributed by atoms with van der Waals surface area (Å²) in [7, 11) is 0. The second-order valence-corrected chi connectivity index (χ2v) is 6.46. The molecule has 1 aliphatic rings. The molecule has 0 bridgehead atoms. The van der Waals surface area contributed by atoms with Gasteiger partial charge in [-0.15, -0.1) is 12.4 Å². The summed E-state index contributed by atoms with van der Waals surface area (Å²) in [5.41, 5.74) is 6.44. The maximum Gasteiger partial charge on any atom is 0.254 e. The normalized spacial score (nSPS) is 14.8. The highest BCUT2D eigenvalue weighted by molar-refractivity contribution is 6.32. The molecule has 1 amide bonds. The molecule has 1 aromatic carbocycles. The Morgan fingerprint density at radius 2 is 1.96 bits per heavy atom. The molecule has 1 heterocycles. The van der Waals surface area contributed by atoms with Crippen molar-refractivity contribution in [2.75, 3.05) is 26.3 Å². The summed E-state index contributed by atoms with van der Waals surface area (Å²) in [5.74, 6) is 1.01. The van der Waals surface area contributed by atoms with Crippen LogP contribution in [0.3, 0.4) is 0 Å². The average Bonchev–Trinajstić information content (AvgIpc) is 2.57. The Bertz CT molecular complexity index is 561. The predicted octanol–water partition coefficient (Wildman–Crippen LogP) is 3.90. The lowest BCUT2D eigenvalue weighted by Crippen LogP contribution is -2.42. The van der Waals surface area contributed by atoms with Crippen molar-refractivity contribution in [1.82, 2.24) is 4.90 Å². The largest absolute Gasteiger partial charge is 0.490 e. The third-order valence-electron chi connectivity index (χ3n) is 4.13. The van der Waals surface area contributed by atoms with E-state index in [1.807, 2.05) is 11.8 Å². The van der Waals surface area contributed by atoms with E-state index >= 15 is 0 Å². The molecule has 25 heavy (non-hydrogen) atoms. The number of carbonyl (C=O) groups is 1.